The molecule has 2 unspecified atom stereocenters. The van der Waals surface area contributed by atoms with Crippen molar-refractivity contribution in [2.75, 3.05) is 24.5 Å². The van der Waals surface area contributed by atoms with Gasteiger partial charge in [0.1, 0.15) is 12.1 Å². The van der Waals surface area contributed by atoms with E-state index in [1.807, 2.05) is 0 Å². The van der Waals surface area contributed by atoms with Crippen LogP contribution in [0.1, 0.15) is 25.7 Å². The number of hydrogen-bond donors (Lipinski definition) is 1. The number of anilines is 1. The molecule has 0 aliphatic carbocycles. The maximum absolute atomic E-state index is 4.57. The summed E-state index contributed by atoms with van der Waals surface area (Å²) in [5.74, 6) is 1.92. The topological polar surface area (TPSA) is 41.1 Å². The molecule has 0 aromatic carbocycles. The van der Waals surface area contributed by atoms with E-state index in [4.69, 9.17) is 0 Å². The average Bonchev–Trinajstić information content (AvgIpc) is 3.18. The molecule has 4 nitrogen and oxygen atoms in total. The molecule has 2 saturated heterocycles. The first-order valence-corrected chi connectivity index (χ1v) is 8.46. The van der Waals surface area contributed by atoms with Crippen LogP contribution < -0.4 is 10.2 Å². The maximum atomic E-state index is 4.57. The number of rotatable bonds is 2. The van der Waals surface area contributed by atoms with E-state index in [1.54, 1.807) is 17.7 Å². The lowest BCUT2D eigenvalue weighted by molar-refractivity contribution is 0.328. The number of nitrogens with zero attached hydrogens (tertiary/aromatic N) is 3. The summed E-state index contributed by atoms with van der Waals surface area (Å²) in [4.78, 5) is 11.4. The predicted octanol–water partition coefficient (Wildman–Crippen LogP) is 2.66. The van der Waals surface area contributed by atoms with Gasteiger partial charge in [-0.05, 0) is 49.6 Å². The lowest BCUT2D eigenvalue weighted by Gasteiger charge is -2.36. The standard InChI is InChI=1S/C15H20N4S/c1-4-12(16-6-1)11-3-2-7-19(9-11)15-14-13(5-8-20-14)17-10-18-15/h5,8,10-12,16H,1-4,6-7,9H2. The smallest absolute Gasteiger partial charge is 0.150 e. The lowest BCUT2D eigenvalue weighted by Crippen LogP contribution is -2.43. The summed E-state index contributed by atoms with van der Waals surface area (Å²) in [6, 6.07) is 2.81. The molecule has 0 radical (unpaired) electrons. The molecular formula is C15H20N4S. The molecule has 4 heterocycles. The van der Waals surface area contributed by atoms with Gasteiger partial charge in [-0.1, -0.05) is 0 Å². The first-order chi connectivity index (χ1) is 9.92. The maximum Gasteiger partial charge on any atom is 0.150 e. The van der Waals surface area contributed by atoms with Crippen LogP contribution in [0.3, 0.4) is 0 Å². The average molecular weight is 288 g/mol. The summed E-state index contributed by atoms with van der Waals surface area (Å²) in [7, 11) is 0. The molecule has 106 valence electrons. The fourth-order valence-corrected chi connectivity index (χ4v) is 4.51. The molecule has 0 spiro atoms. The third kappa shape index (κ3) is 2.19. The number of nitrogens with one attached hydrogen (secondary N) is 1. The van der Waals surface area contributed by atoms with Crippen LogP contribution >= 0.6 is 11.3 Å². The van der Waals surface area contributed by atoms with E-state index in [0.29, 0.717) is 0 Å². The van der Waals surface area contributed by atoms with E-state index in [1.165, 1.54) is 36.9 Å². The van der Waals surface area contributed by atoms with Crippen LogP contribution in [0.4, 0.5) is 5.82 Å². The van der Waals surface area contributed by atoms with E-state index in [9.17, 15) is 0 Å². The van der Waals surface area contributed by atoms with Gasteiger partial charge in [0.15, 0.2) is 0 Å². The van der Waals surface area contributed by atoms with Crippen molar-refractivity contribution < 1.29 is 0 Å². The number of piperidine rings is 1. The van der Waals surface area contributed by atoms with E-state index in [2.05, 4.69) is 31.6 Å². The minimum Gasteiger partial charge on any atom is -0.355 e. The molecule has 0 bridgehead atoms. The van der Waals surface area contributed by atoms with Gasteiger partial charge >= 0.3 is 0 Å². The van der Waals surface area contributed by atoms with E-state index in [-0.39, 0.29) is 0 Å². The van der Waals surface area contributed by atoms with Gasteiger partial charge in [-0.2, -0.15) is 0 Å². The zero-order valence-corrected chi connectivity index (χ0v) is 12.4. The van der Waals surface area contributed by atoms with Crippen molar-refractivity contribution in [1.29, 1.82) is 0 Å². The lowest BCUT2D eigenvalue weighted by atomic mass is 9.90. The van der Waals surface area contributed by atoms with Crippen LogP contribution in [0.15, 0.2) is 17.8 Å². The van der Waals surface area contributed by atoms with Gasteiger partial charge in [-0.15, -0.1) is 11.3 Å². The van der Waals surface area contributed by atoms with E-state index in [0.717, 1.165) is 36.4 Å². The zero-order valence-electron chi connectivity index (χ0n) is 11.6. The third-order valence-corrected chi connectivity index (χ3v) is 5.55. The van der Waals surface area contributed by atoms with Gasteiger partial charge in [0.2, 0.25) is 0 Å². The molecule has 4 rings (SSSR count). The minimum absolute atomic E-state index is 0.721. The fourth-order valence-electron chi connectivity index (χ4n) is 3.65. The van der Waals surface area contributed by atoms with E-state index < -0.39 is 0 Å². The summed E-state index contributed by atoms with van der Waals surface area (Å²) in [5.41, 5.74) is 1.08. The SMILES string of the molecule is c1nc(N2CCCC(C3CCCN3)C2)c2sccc2n1. The second kappa shape index (κ2) is 5.30. The summed E-state index contributed by atoms with van der Waals surface area (Å²) >= 11 is 1.76. The molecule has 0 saturated carbocycles. The molecule has 5 heteroatoms. The molecular weight excluding hydrogens is 268 g/mol. The Kier molecular flexibility index (Phi) is 3.32. The Labute approximate surface area is 123 Å². The predicted molar refractivity (Wildman–Crippen MR) is 83.4 cm³/mol. The monoisotopic (exact) mass is 288 g/mol. The number of aromatic nitrogens is 2. The molecule has 2 aliphatic rings. The molecule has 0 amide bonds. The van der Waals surface area contributed by atoms with Gasteiger partial charge < -0.3 is 10.2 Å². The van der Waals surface area contributed by atoms with Crippen molar-refractivity contribution in [3.8, 4) is 0 Å². The van der Waals surface area contributed by atoms with Crippen molar-refractivity contribution in [3.63, 3.8) is 0 Å². The van der Waals surface area contributed by atoms with E-state index >= 15 is 0 Å². The highest BCUT2D eigenvalue weighted by atomic mass is 32.1. The molecule has 2 aliphatic heterocycles. The van der Waals surface area contributed by atoms with Gasteiger partial charge in [-0.3, -0.25) is 0 Å². The van der Waals surface area contributed by atoms with Crippen LogP contribution in [0.25, 0.3) is 10.2 Å². The second-order valence-corrected chi connectivity index (χ2v) is 6.80. The van der Waals surface area contributed by atoms with Crippen LogP contribution in [-0.4, -0.2) is 35.6 Å². The number of hydrogen-bond acceptors (Lipinski definition) is 5. The number of thiophene rings is 1. The van der Waals surface area contributed by atoms with Crippen molar-refractivity contribution in [2.45, 2.75) is 31.7 Å². The van der Waals surface area contributed by atoms with Crippen molar-refractivity contribution >= 4 is 27.4 Å². The van der Waals surface area contributed by atoms with Gasteiger partial charge in [0.05, 0.1) is 10.2 Å². The summed E-state index contributed by atoms with van der Waals surface area (Å²) < 4.78 is 1.24. The normalized spacial score (nSPS) is 27.3. The Balaban J connectivity index is 1.59. The molecule has 20 heavy (non-hydrogen) atoms. The van der Waals surface area contributed by atoms with Crippen LogP contribution in [0.5, 0.6) is 0 Å². The molecule has 2 fully saturated rings. The minimum atomic E-state index is 0.721. The van der Waals surface area contributed by atoms with Crippen molar-refractivity contribution in [3.05, 3.63) is 17.8 Å². The Hall–Kier alpha value is -1.20. The summed E-state index contributed by atoms with van der Waals surface area (Å²) in [6.45, 7) is 3.47. The Morgan fingerprint density at radius 1 is 1.25 bits per heavy atom. The van der Waals surface area contributed by atoms with Gasteiger partial charge in [0.25, 0.3) is 0 Å². The first kappa shape index (κ1) is 12.5. The largest absolute Gasteiger partial charge is 0.355 e. The first-order valence-electron chi connectivity index (χ1n) is 7.58. The Morgan fingerprint density at radius 3 is 3.15 bits per heavy atom. The molecule has 1 N–H and O–H groups in total. The molecule has 2 aromatic rings. The third-order valence-electron chi connectivity index (χ3n) is 4.65. The fraction of sp³-hybridized carbons (Fsp3) is 0.600. The highest BCUT2D eigenvalue weighted by Crippen LogP contribution is 2.32. The Bertz CT molecular complexity index is 590. The summed E-state index contributed by atoms with van der Waals surface area (Å²) in [5, 5.41) is 5.79. The van der Waals surface area contributed by atoms with Crippen molar-refractivity contribution in [1.82, 2.24) is 15.3 Å². The zero-order chi connectivity index (χ0) is 13.4. The number of fused-ring (bicyclic) bond motifs is 1. The Morgan fingerprint density at radius 2 is 2.25 bits per heavy atom. The molecule has 2 atom stereocenters. The summed E-state index contributed by atoms with van der Waals surface area (Å²) in [6.07, 6.45) is 7.02. The van der Waals surface area contributed by atoms with Crippen molar-refractivity contribution in [2.24, 2.45) is 5.92 Å². The highest BCUT2D eigenvalue weighted by Gasteiger charge is 2.30. The van der Waals surface area contributed by atoms with Crippen LogP contribution in [0.2, 0.25) is 0 Å². The van der Waals surface area contributed by atoms with Crippen LogP contribution in [-0.2, 0) is 0 Å². The van der Waals surface area contributed by atoms with Gasteiger partial charge in [0, 0.05) is 19.1 Å². The molecule has 2 aromatic heterocycles. The highest BCUT2D eigenvalue weighted by molar-refractivity contribution is 7.17. The quantitative estimate of drug-likeness (QED) is 0.922. The second-order valence-electron chi connectivity index (χ2n) is 5.88. The van der Waals surface area contributed by atoms with Gasteiger partial charge in [-0.25, -0.2) is 9.97 Å². The van der Waals surface area contributed by atoms with Crippen LogP contribution in [0, 0.1) is 5.92 Å².